The Morgan fingerprint density at radius 1 is 0.947 bits per heavy atom. The number of hydrogen-bond donors (Lipinski definition) is 2. The molecule has 0 aliphatic heterocycles. The molecule has 0 fully saturated rings. The van der Waals surface area contributed by atoms with Crippen molar-refractivity contribution in [3.8, 4) is 11.1 Å². The van der Waals surface area contributed by atoms with Crippen molar-refractivity contribution < 1.29 is 0 Å². The normalized spacial score (nSPS) is 10.6. The molecule has 0 saturated carbocycles. The fourth-order valence-corrected chi connectivity index (χ4v) is 2.12. The number of nitrogen functional groups attached to an aromatic ring is 1. The number of rotatable bonds is 2. The smallest absolute Gasteiger partial charge is 0.151 e. The standard InChI is InChI=1S/C14H11ClN4/c15-11-4-1-9(2-5-11)10-3-6-13-12(7-10)14(19-16)18-8-17-13/h1-8H,16H2,(H,17,18,19). The molecule has 0 unspecified atom stereocenters. The molecule has 3 N–H and O–H groups in total. The highest BCUT2D eigenvalue weighted by Gasteiger charge is 2.05. The Balaban J connectivity index is 2.18. The van der Waals surface area contributed by atoms with Gasteiger partial charge in [0.05, 0.1) is 5.52 Å². The first-order chi connectivity index (χ1) is 9.28. The zero-order chi connectivity index (χ0) is 13.2. The number of hydrazine groups is 1. The minimum absolute atomic E-state index is 0.612. The lowest BCUT2D eigenvalue weighted by Gasteiger charge is -2.07. The molecule has 2 aromatic carbocycles. The Kier molecular flexibility index (Phi) is 3.03. The van der Waals surface area contributed by atoms with E-state index in [1.54, 1.807) is 0 Å². The van der Waals surface area contributed by atoms with Crippen molar-refractivity contribution in [2.45, 2.75) is 0 Å². The lowest BCUT2D eigenvalue weighted by atomic mass is 10.0. The SMILES string of the molecule is NNc1ncnc2ccc(-c3ccc(Cl)cc3)cc12. The molecule has 3 rings (SSSR count). The lowest BCUT2D eigenvalue weighted by molar-refractivity contribution is 1.18. The van der Waals surface area contributed by atoms with Crippen molar-refractivity contribution in [2.75, 3.05) is 5.43 Å². The fraction of sp³-hybridized carbons (Fsp3) is 0. The highest BCUT2D eigenvalue weighted by molar-refractivity contribution is 6.30. The molecule has 0 bridgehead atoms. The van der Waals surface area contributed by atoms with E-state index in [1.807, 2.05) is 42.5 Å². The van der Waals surface area contributed by atoms with Gasteiger partial charge < -0.3 is 5.43 Å². The second-order valence-electron chi connectivity index (χ2n) is 4.11. The first-order valence-electron chi connectivity index (χ1n) is 5.75. The molecule has 4 nitrogen and oxygen atoms in total. The second-order valence-corrected chi connectivity index (χ2v) is 4.54. The summed E-state index contributed by atoms with van der Waals surface area (Å²) in [5.74, 6) is 6.08. The first-order valence-corrected chi connectivity index (χ1v) is 6.13. The third-order valence-electron chi connectivity index (χ3n) is 2.95. The molecule has 0 spiro atoms. The monoisotopic (exact) mass is 270 g/mol. The zero-order valence-corrected chi connectivity index (χ0v) is 10.7. The van der Waals surface area contributed by atoms with Crippen LogP contribution in [-0.2, 0) is 0 Å². The van der Waals surface area contributed by atoms with Gasteiger partial charge in [-0.15, -0.1) is 0 Å². The molecule has 1 heterocycles. The number of halogens is 1. The van der Waals surface area contributed by atoms with Crippen molar-refractivity contribution >= 4 is 28.3 Å². The fourth-order valence-electron chi connectivity index (χ4n) is 1.99. The van der Waals surface area contributed by atoms with Gasteiger partial charge in [-0.1, -0.05) is 29.8 Å². The van der Waals surface area contributed by atoms with Crippen LogP contribution in [0.2, 0.25) is 5.02 Å². The van der Waals surface area contributed by atoms with Crippen LogP contribution in [0.3, 0.4) is 0 Å². The number of fused-ring (bicyclic) bond motifs is 1. The average Bonchev–Trinajstić information content (AvgIpc) is 2.47. The molecule has 1 aromatic heterocycles. The Morgan fingerprint density at radius 3 is 2.42 bits per heavy atom. The largest absolute Gasteiger partial charge is 0.308 e. The van der Waals surface area contributed by atoms with Gasteiger partial charge in [-0.3, -0.25) is 0 Å². The van der Waals surface area contributed by atoms with E-state index in [2.05, 4.69) is 15.4 Å². The number of benzene rings is 2. The van der Waals surface area contributed by atoms with Crippen molar-refractivity contribution in [1.29, 1.82) is 0 Å². The number of nitrogens with one attached hydrogen (secondary N) is 1. The maximum atomic E-state index is 5.90. The Bertz CT molecular complexity index is 725. The zero-order valence-electron chi connectivity index (χ0n) is 9.97. The molecular formula is C14H11ClN4. The van der Waals surface area contributed by atoms with Crippen molar-refractivity contribution in [1.82, 2.24) is 9.97 Å². The Hall–Kier alpha value is -2.17. The summed E-state index contributed by atoms with van der Waals surface area (Å²) in [6.45, 7) is 0. The van der Waals surface area contributed by atoms with Gasteiger partial charge in [-0.25, -0.2) is 15.8 Å². The van der Waals surface area contributed by atoms with Crippen LogP contribution < -0.4 is 11.3 Å². The van der Waals surface area contributed by atoms with Crippen LogP contribution in [0.4, 0.5) is 5.82 Å². The molecular weight excluding hydrogens is 260 g/mol. The van der Waals surface area contributed by atoms with E-state index < -0.39 is 0 Å². The van der Waals surface area contributed by atoms with Crippen LogP contribution in [0, 0.1) is 0 Å². The minimum Gasteiger partial charge on any atom is -0.308 e. The van der Waals surface area contributed by atoms with E-state index in [0.717, 1.165) is 27.1 Å². The van der Waals surface area contributed by atoms with E-state index in [4.69, 9.17) is 17.4 Å². The summed E-state index contributed by atoms with van der Waals surface area (Å²) >= 11 is 5.90. The Morgan fingerprint density at radius 2 is 1.68 bits per heavy atom. The van der Waals surface area contributed by atoms with Gasteiger partial charge in [0, 0.05) is 10.4 Å². The van der Waals surface area contributed by atoms with Gasteiger partial charge in [0.15, 0.2) is 5.82 Å². The summed E-state index contributed by atoms with van der Waals surface area (Å²) in [5, 5.41) is 1.61. The van der Waals surface area contributed by atoms with Gasteiger partial charge >= 0.3 is 0 Å². The predicted octanol–water partition coefficient (Wildman–Crippen LogP) is 3.24. The van der Waals surface area contributed by atoms with Crippen LogP contribution in [0.15, 0.2) is 48.8 Å². The average molecular weight is 271 g/mol. The summed E-state index contributed by atoms with van der Waals surface area (Å²) < 4.78 is 0. The second kappa shape index (κ2) is 4.84. The van der Waals surface area contributed by atoms with E-state index >= 15 is 0 Å². The number of hydrogen-bond acceptors (Lipinski definition) is 4. The van der Waals surface area contributed by atoms with Crippen molar-refractivity contribution in [3.05, 3.63) is 53.8 Å². The van der Waals surface area contributed by atoms with Crippen LogP contribution in [-0.4, -0.2) is 9.97 Å². The summed E-state index contributed by atoms with van der Waals surface area (Å²) in [4.78, 5) is 8.32. The first kappa shape index (κ1) is 11.9. The molecule has 5 heteroatoms. The number of nitrogens with zero attached hydrogens (tertiary/aromatic N) is 2. The van der Waals surface area contributed by atoms with Gasteiger partial charge in [0.1, 0.15) is 6.33 Å². The predicted molar refractivity (Wildman–Crippen MR) is 77.8 cm³/mol. The molecule has 0 radical (unpaired) electrons. The highest BCUT2D eigenvalue weighted by atomic mass is 35.5. The van der Waals surface area contributed by atoms with Crippen molar-refractivity contribution in [2.24, 2.45) is 5.84 Å². The molecule has 3 aromatic rings. The maximum Gasteiger partial charge on any atom is 0.151 e. The number of anilines is 1. The highest BCUT2D eigenvalue weighted by Crippen LogP contribution is 2.27. The van der Waals surface area contributed by atoms with Gasteiger partial charge in [-0.05, 0) is 35.4 Å². The molecule has 0 atom stereocenters. The van der Waals surface area contributed by atoms with Gasteiger partial charge in [0.25, 0.3) is 0 Å². The summed E-state index contributed by atoms with van der Waals surface area (Å²) in [6, 6.07) is 13.6. The minimum atomic E-state index is 0.612. The van der Waals surface area contributed by atoms with Crippen molar-refractivity contribution in [3.63, 3.8) is 0 Å². The topological polar surface area (TPSA) is 63.8 Å². The third kappa shape index (κ3) is 2.23. The van der Waals surface area contributed by atoms with Crippen LogP contribution in [0.25, 0.3) is 22.0 Å². The van der Waals surface area contributed by atoms with Crippen LogP contribution in [0.1, 0.15) is 0 Å². The molecule has 0 amide bonds. The lowest BCUT2D eigenvalue weighted by Crippen LogP contribution is -2.09. The van der Waals surface area contributed by atoms with E-state index in [0.29, 0.717) is 5.82 Å². The molecule has 0 aliphatic rings. The molecule has 19 heavy (non-hydrogen) atoms. The molecule has 0 saturated heterocycles. The third-order valence-corrected chi connectivity index (χ3v) is 3.20. The summed E-state index contributed by atoms with van der Waals surface area (Å²) in [7, 11) is 0. The van der Waals surface area contributed by atoms with Gasteiger partial charge in [-0.2, -0.15) is 0 Å². The van der Waals surface area contributed by atoms with Crippen LogP contribution in [0.5, 0.6) is 0 Å². The number of nitrogens with two attached hydrogens (primary N) is 1. The molecule has 94 valence electrons. The summed E-state index contributed by atoms with van der Waals surface area (Å²) in [6.07, 6.45) is 1.49. The van der Waals surface area contributed by atoms with E-state index in [1.165, 1.54) is 6.33 Å². The van der Waals surface area contributed by atoms with Crippen LogP contribution >= 0.6 is 11.6 Å². The molecule has 0 aliphatic carbocycles. The quantitative estimate of drug-likeness (QED) is 0.554. The van der Waals surface area contributed by atoms with Gasteiger partial charge in [0.2, 0.25) is 0 Å². The van der Waals surface area contributed by atoms with E-state index in [-0.39, 0.29) is 0 Å². The van der Waals surface area contributed by atoms with E-state index in [9.17, 15) is 0 Å². The summed E-state index contributed by atoms with van der Waals surface area (Å²) in [5.41, 5.74) is 5.58. The Labute approximate surface area is 115 Å². The maximum absolute atomic E-state index is 5.90. The number of aromatic nitrogens is 2.